The van der Waals surface area contributed by atoms with Crippen LogP contribution in [0.3, 0.4) is 0 Å². The van der Waals surface area contributed by atoms with Crippen molar-refractivity contribution in [2.75, 3.05) is 63.3 Å². The first-order valence-electron chi connectivity index (χ1n) is 13.6. The largest absolute Gasteiger partial charge is 0.389 e. The molecule has 5 rings (SSSR count). The fourth-order valence-electron chi connectivity index (χ4n) is 5.36. The van der Waals surface area contributed by atoms with Crippen molar-refractivity contribution in [1.29, 1.82) is 0 Å². The van der Waals surface area contributed by atoms with Gasteiger partial charge in [0.1, 0.15) is 11.6 Å². The van der Waals surface area contributed by atoms with Gasteiger partial charge in [0.2, 0.25) is 5.95 Å². The Balaban J connectivity index is 1.33. The number of alkyl halides is 2. The average molecular weight is 546 g/mol. The summed E-state index contributed by atoms with van der Waals surface area (Å²) in [6, 6.07) is 9.23. The van der Waals surface area contributed by atoms with Crippen LogP contribution in [0.2, 0.25) is 0 Å². The van der Waals surface area contributed by atoms with E-state index in [1.54, 1.807) is 31.4 Å². The molecule has 1 aromatic carbocycles. The molecule has 12 heteroatoms. The maximum absolute atomic E-state index is 14.1. The van der Waals surface area contributed by atoms with E-state index < -0.39 is 12.5 Å². The molecule has 1 unspecified atom stereocenters. The number of fused-ring (bicyclic) bond motifs is 1. The molecule has 0 bridgehead atoms. The Morgan fingerprint density at radius 1 is 1.08 bits per heavy atom. The van der Waals surface area contributed by atoms with Gasteiger partial charge in [-0.2, -0.15) is 9.97 Å². The normalized spacial score (nSPS) is 21.0. The highest BCUT2D eigenvalue weighted by molar-refractivity contribution is 5.78. The molecular formula is C27H37F2N7O3. The van der Waals surface area contributed by atoms with Gasteiger partial charge in [-0.15, -0.1) is 0 Å². The summed E-state index contributed by atoms with van der Waals surface area (Å²) in [5.41, 5.74) is 1.07. The number of aromatic nitrogens is 4. The number of morpholine rings is 1. The molecule has 3 aromatic rings. The third-order valence-electron chi connectivity index (χ3n) is 7.44. The molecule has 1 atom stereocenters. The maximum Gasteiger partial charge on any atom is 0.296 e. The third kappa shape index (κ3) is 6.81. The first-order chi connectivity index (χ1) is 19.0. The molecule has 0 spiro atoms. The first kappa shape index (κ1) is 27.6. The lowest BCUT2D eigenvalue weighted by atomic mass is 9.86. The van der Waals surface area contributed by atoms with Crippen LogP contribution in [-0.2, 0) is 9.47 Å². The zero-order valence-electron chi connectivity index (χ0n) is 22.2. The topological polar surface area (TPSA) is 110 Å². The minimum Gasteiger partial charge on any atom is -0.389 e. The highest BCUT2D eigenvalue weighted by atomic mass is 19.3. The van der Waals surface area contributed by atoms with Crippen molar-refractivity contribution < 1.29 is 23.4 Å². The molecular weight excluding hydrogens is 508 g/mol. The van der Waals surface area contributed by atoms with Gasteiger partial charge in [-0.3, -0.25) is 4.57 Å². The Morgan fingerprint density at radius 2 is 1.82 bits per heavy atom. The number of ether oxygens (including phenoxy) is 2. The number of rotatable bonds is 11. The highest BCUT2D eigenvalue weighted by Crippen LogP contribution is 2.30. The number of para-hydroxylation sites is 2. The summed E-state index contributed by atoms with van der Waals surface area (Å²) in [7, 11) is 1.58. The molecule has 212 valence electrons. The Hall–Kier alpha value is -2.93. The van der Waals surface area contributed by atoms with Crippen LogP contribution in [0.4, 0.5) is 20.5 Å². The molecule has 1 aliphatic carbocycles. The van der Waals surface area contributed by atoms with E-state index in [2.05, 4.69) is 25.5 Å². The van der Waals surface area contributed by atoms with Gasteiger partial charge in [0.05, 0.1) is 37.0 Å². The first-order valence-corrected chi connectivity index (χ1v) is 13.6. The number of benzene rings is 1. The number of aliphatic hydroxyl groups is 1. The average Bonchev–Trinajstić information content (AvgIpc) is 3.36. The fourth-order valence-corrected chi connectivity index (χ4v) is 5.36. The van der Waals surface area contributed by atoms with Gasteiger partial charge in [0.15, 0.2) is 5.82 Å². The van der Waals surface area contributed by atoms with Crippen LogP contribution in [0, 0.1) is 5.92 Å². The minimum absolute atomic E-state index is 0.325. The van der Waals surface area contributed by atoms with Crippen molar-refractivity contribution in [3.8, 4) is 5.82 Å². The van der Waals surface area contributed by atoms with Crippen molar-refractivity contribution in [3.05, 3.63) is 36.2 Å². The Morgan fingerprint density at radius 3 is 2.56 bits per heavy atom. The summed E-state index contributed by atoms with van der Waals surface area (Å²) in [5, 5.41) is 16.7. The number of halogens is 2. The quantitative estimate of drug-likeness (QED) is 0.335. The van der Waals surface area contributed by atoms with Crippen LogP contribution in [-0.4, -0.2) is 89.9 Å². The van der Waals surface area contributed by atoms with Gasteiger partial charge < -0.3 is 30.1 Å². The predicted molar refractivity (Wildman–Crippen MR) is 145 cm³/mol. The lowest BCUT2D eigenvalue weighted by Gasteiger charge is -2.30. The van der Waals surface area contributed by atoms with Crippen LogP contribution < -0.4 is 15.5 Å². The zero-order chi connectivity index (χ0) is 27.2. The number of nitrogens with one attached hydrogen (secondary N) is 2. The highest BCUT2D eigenvalue weighted by Gasteiger charge is 2.25. The predicted octanol–water partition coefficient (Wildman–Crippen LogP) is 3.16. The fraction of sp³-hybridized carbons (Fsp3) is 0.593. The molecule has 1 saturated carbocycles. The molecule has 39 heavy (non-hydrogen) atoms. The number of methoxy groups -OCH3 is 1. The summed E-state index contributed by atoms with van der Waals surface area (Å²) >= 11 is 0. The summed E-state index contributed by atoms with van der Waals surface area (Å²) in [6.07, 6.45) is 0.841. The monoisotopic (exact) mass is 545 g/mol. The van der Waals surface area contributed by atoms with Crippen molar-refractivity contribution in [2.24, 2.45) is 5.92 Å². The van der Waals surface area contributed by atoms with E-state index in [1.807, 2.05) is 6.07 Å². The van der Waals surface area contributed by atoms with Gasteiger partial charge >= 0.3 is 0 Å². The standard InChI is InChI=1S/C27H37F2N7O3/c1-38-17-20(37)16-30-19-8-6-18(7-9-19)15-31-27-33-23(35-10-12-39-13-11-35)14-24(34-27)36-22-5-3-2-4-21(22)32-26(36)25(28)29/h2-5,14,18-20,25,30,37H,6-13,15-17H2,1H3,(H,31,33,34)/t18-,19-,20?. The van der Waals surface area contributed by atoms with E-state index in [-0.39, 0.29) is 5.82 Å². The lowest BCUT2D eigenvalue weighted by molar-refractivity contribution is 0.0613. The molecule has 2 aliphatic rings. The number of nitrogens with zero attached hydrogens (tertiary/aromatic N) is 5. The SMILES string of the molecule is COCC(O)CN[C@H]1CC[C@H](CNc2nc(N3CCOCC3)cc(-n3c(C(F)F)nc4ccccc43)n2)CC1. The summed E-state index contributed by atoms with van der Waals surface area (Å²) in [4.78, 5) is 15.7. The van der Waals surface area contributed by atoms with E-state index in [1.165, 1.54) is 4.57 Å². The van der Waals surface area contributed by atoms with Gasteiger partial charge in [-0.05, 0) is 43.7 Å². The van der Waals surface area contributed by atoms with Gasteiger partial charge in [0.25, 0.3) is 6.43 Å². The molecule has 0 amide bonds. The van der Waals surface area contributed by atoms with Crippen LogP contribution >= 0.6 is 0 Å². The molecule has 0 radical (unpaired) electrons. The number of hydrogen-bond acceptors (Lipinski definition) is 9. The number of imidazole rings is 1. The van der Waals surface area contributed by atoms with E-state index in [0.29, 0.717) is 86.6 Å². The molecule has 2 fully saturated rings. The molecule has 1 saturated heterocycles. The van der Waals surface area contributed by atoms with E-state index in [9.17, 15) is 13.9 Å². The molecule has 1 aliphatic heterocycles. The van der Waals surface area contributed by atoms with Crippen LogP contribution in [0.1, 0.15) is 37.9 Å². The van der Waals surface area contributed by atoms with Crippen molar-refractivity contribution >= 4 is 22.8 Å². The van der Waals surface area contributed by atoms with Gasteiger partial charge in [-0.1, -0.05) is 12.1 Å². The van der Waals surface area contributed by atoms with E-state index in [0.717, 1.165) is 25.7 Å². The number of anilines is 2. The minimum atomic E-state index is -2.75. The molecule has 3 heterocycles. The number of hydrogen-bond donors (Lipinski definition) is 3. The van der Waals surface area contributed by atoms with Crippen LogP contribution in [0.25, 0.3) is 16.9 Å². The molecule has 2 aromatic heterocycles. The van der Waals surface area contributed by atoms with Gasteiger partial charge in [0, 0.05) is 45.4 Å². The second kappa shape index (κ2) is 12.9. The van der Waals surface area contributed by atoms with Crippen LogP contribution in [0.5, 0.6) is 0 Å². The zero-order valence-corrected chi connectivity index (χ0v) is 22.2. The lowest BCUT2D eigenvalue weighted by Crippen LogP contribution is -2.40. The molecule has 10 nitrogen and oxygen atoms in total. The summed E-state index contributed by atoms with van der Waals surface area (Å²) in [6.45, 7) is 4.03. The Kier molecular flexibility index (Phi) is 9.17. The second-order valence-corrected chi connectivity index (χ2v) is 10.2. The van der Waals surface area contributed by atoms with Gasteiger partial charge in [-0.25, -0.2) is 13.8 Å². The van der Waals surface area contributed by atoms with Crippen molar-refractivity contribution in [3.63, 3.8) is 0 Å². The van der Waals surface area contributed by atoms with Crippen LogP contribution in [0.15, 0.2) is 30.3 Å². The van der Waals surface area contributed by atoms with Crippen molar-refractivity contribution in [2.45, 2.75) is 44.3 Å². The Labute approximate surface area is 226 Å². The summed E-state index contributed by atoms with van der Waals surface area (Å²) in [5.74, 6) is 1.55. The van der Waals surface area contributed by atoms with E-state index in [4.69, 9.17) is 14.5 Å². The third-order valence-corrected chi connectivity index (χ3v) is 7.44. The number of aliphatic hydroxyl groups excluding tert-OH is 1. The maximum atomic E-state index is 14.1. The van der Waals surface area contributed by atoms with E-state index >= 15 is 0 Å². The Bertz CT molecular complexity index is 1210. The smallest absolute Gasteiger partial charge is 0.296 e. The van der Waals surface area contributed by atoms with Crippen molar-refractivity contribution in [1.82, 2.24) is 24.8 Å². The summed E-state index contributed by atoms with van der Waals surface area (Å²) < 4.78 is 40.1. The molecule has 3 N–H and O–H groups in total. The second-order valence-electron chi connectivity index (χ2n) is 10.2.